The Morgan fingerprint density at radius 3 is 2.71 bits per heavy atom. The van der Waals surface area contributed by atoms with E-state index in [0.717, 1.165) is 6.42 Å². The van der Waals surface area contributed by atoms with Gasteiger partial charge in [0.2, 0.25) is 0 Å². The van der Waals surface area contributed by atoms with Crippen LogP contribution in [0.25, 0.3) is 0 Å². The molecule has 3 nitrogen and oxygen atoms in total. The Balaban J connectivity index is 2.98. The van der Waals surface area contributed by atoms with E-state index in [-0.39, 0.29) is 5.78 Å². The van der Waals surface area contributed by atoms with Crippen molar-refractivity contribution in [3.63, 3.8) is 0 Å². The smallest absolute Gasteiger partial charge is 0.183 e. The van der Waals surface area contributed by atoms with Gasteiger partial charge in [0.05, 0.1) is 18.2 Å². The van der Waals surface area contributed by atoms with Gasteiger partial charge in [-0.2, -0.15) is 5.26 Å². The number of hydrogen-bond donors (Lipinski definition) is 0. The van der Waals surface area contributed by atoms with Crippen LogP contribution >= 0.6 is 0 Å². The lowest BCUT2D eigenvalue weighted by Gasteiger charge is -2.11. The zero-order chi connectivity index (χ0) is 12.7. The first-order valence-corrected chi connectivity index (χ1v) is 5.90. The molecule has 1 aromatic carbocycles. The molecule has 1 rings (SSSR count). The van der Waals surface area contributed by atoms with Gasteiger partial charge in [-0.15, -0.1) is 0 Å². The van der Waals surface area contributed by atoms with Crippen molar-refractivity contribution in [1.82, 2.24) is 0 Å². The molecule has 0 aliphatic carbocycles. The molecule has 1 aromatic rings. The molecule has 0 saturated carbocycles. The number of carbonyl (C=O) groups is 1. The largest absolute Gasteiger partial charge is 0.493 e. The number of nitriles is 1. The number of rotatable bonds is 6. The fraction of sp³-hybridized carbons (Fsp3) is 0.429. The molecule has 3 heteroatoms. The number of Topliss-reactive ketones (excluding diaryl/α,β-unsaturated/α-hetero) is 1. The molecule has 0 saturated heterocycles. The van der Waals surface area contributed by atoms with Gasteiger partial charge in [-0.1, -0.05) is 25.5 Å². The van der Waals surface area contributed by atoms with Crippen LogP contribution in [-0.2, 0) is 0 Å². The third kappa shape index (κ3) is 3.32. The lowest BCUT2D eigenvalue weighted by Crippen LogP contribution is -2.14. The third-order valence-electron chi connectivity index (χ3n) is 2.50. The first-order valence-electron chi connectivity index (χ1n) is 5.90. The summed E-state index contributed by atoms with van der Waals surface area (Å²) in [5, 5.41) is 9.00. The third-order valence-corrected chi connectivity index (χ3v) is 2.50. The molecule has 0 radical (unpaired) electrons. The van der Waals surface area contributed by atoms with Gasteiger partial charge < -0.3 is 4.74 Å². The van der Waals surface area contributed by atoms with Gasteiger partial charge in [-0.05, 0) is 25.5 Å². The fourth-order valence-corrected chi connectivity index (χ4v) is 1.68. The normalized spacial score (nSPS) is 11.6. The standard InChI is InChI=1S/C14H17NO2/c1-3-7-11(10-15)14(16)12-8-5-6-9-13(12)17-4-2/h5-6,8-9,11H,3-4,7H2,1-2H3. The van der Waals surface area contributed by atoms with Crippen molar-refractivity contribution in [2.24, 2.45) is 5.92 Å². The monoisotopic (exact) mass is 231 g/mol. The number of nitrogens with zero attached hydrogens (tertiary/aromatic N) is 1. The molecular formula is C14H17NO2. The molecular weight excluding hydrogens is 214 g/mol. The molecule has 0 amide bonds. The molecule has 17 heavy (non-hydrogen) atoms. The highest BCUT2D eigenvalue weighted by Crippen LogP contribution is 2.23. The second-order valence-corrected chi connectivity index (χ2v) is 3.76. The van der Waals surface area contributed by atoms with Crippen molar-refractivity contribution in [2.75, 3.05) is 6.61 Å². The van der Waals surface area contributed by atoms with Crippen LogP contribution in [0.15, 0.2) is 24.3 Å². The maximum Gasteiger partial charge on any atom is 0.183 e. The predicted molar refractivity (Wildman–Crippen MR) is 66.0 cm³/mol. The van der Waals surface area contributed by atoms with Crippen molar-refractivity contribution >= 4 is 5.78 Å². The second kappa shape index (κ2) is 6.70. The van der Waals surface area contributed by atoms with Gasteiger partial charge >= 0.3 is 0 Å². The number of para-hydroxylation sites is 1. The highest BCUT2D eigenvalue weighted by atomic mass is 16.5. The Labute approximate surface area is 102 Å². The van der Waals surface area contributed by atoms with E-state index >= 15 is 0 Å². The van der Waals surface area contributed by atoms with Crippen molar-refractivity contribution in [3.8, 4) is 11.8 Å². The van der Waals surface area contributed by atoms with Crippen LogP contribution in [0.5, 0.6) is 5.75 Å². The Kier molecular flexibility index (Phi) is 5.22. The van der Waals surface area contributed by atoms with E-state index < -0.39 is 5.92 Å². The van der Waals surface area contributed by atoms with Crippen LogP contribution in [0.2, 0.25) is 0 Å². The van der Waals surface area contributed by atoms with E-state index in [0.29, 0.717) is 24.3 Å². The Hall–Kier alpha value is -1.82. The molecule has 90 valence electrons. The quantitative estimate of drug-likeness (QED) is 0.706. The number of carbonyl (C=O) groups excluding carboxylic acids is 1. The number of hydrogen-bond acceptors (Lipinski definition) is 3. The molecule has 0 N–H and O–H groups in total. The lowest BCUT2D eigenvalue weighted by molar-refractivity contribution is 0.0940. The highest BCUT2D eigenvalue weighted by Gasteiger charge is 2.21. The van der Waals surface area contributed by atoms with E-state index in [9.17, 15) is 4.79 Å². The Morgan fingerprint density at radius 2 is 2.12 bits per heavy atom. The molecule has 1 unspecified atom stereocenters. The molecule has 0 spiro atoms. The summed E-state index contributed by atoms with van der Waals surface area (Å²) in [6.07, 6.45) is 1.41. The summed E-state index contributed by atoms with van der Waals surface area (Å²) in [5.74, 6) is -0.142. The molecule has 0 heterocycles. The minimum absolute atomic E-state index is 0.140. The second-order valence-electron chi connectivity index (χ2n) is 3.76. The lowest BCUT2D eigenvalue weighted by atomic mass is 9.94. The topological polar surface area (TPSA) is 50.1 Å². The number of benzene rings is 1. The van der Waals surface area contributed by atoms with Gasteiger partial charge in [0.15, 0.2) is 5.78 Å². The molecule has 0 aliphatic heterocycles. The average Bonchev–Trinajstić information content (AvgIpc) is 2.36. The minimum Gasteiger partial charge on any atom is -0.493 e. The van der Waals surface area contributed by atoms with Gasteiger partial charge in [-0.3, -0.25) is 4.79 Å². The first kappa shape index (κ1) is 13.2. The van der Waals surface area contributed by atoms with Gasteiger partial charge in [0.1, 0.15) is 11.7 Å². The summed E-state index contributed by atoms with van der Waals surface area (Å²) in [5.41, 5.74) is 0.509. The fourth-order valence-electron chi connectivity index (χ4n) is 1.68. The highest BCUT2D eigenvalue weighted by molar-refractivity contribution is 6.01. The summed E-state index contributed by atoms with van der Waals surface area (Å²) in [4.78, 5) is 12.2. The molecule has 0 fully saturated rings. The van der Waals surface area contributed by atoms with E-state index in [2.05, 4.69) is 6.07 Å². The summed E-state index contributed by atoms with van der Waals surface area (Å²) < 4.78 is 5.40. The maximum atomic E-state index is 12.2. The van der Waals surface area contributed by atoms with Gasteiger partial charge in [-0.25, -0.2) is 0 Å². The van der Waals surface area contributed by atoms with Crippen molar-refractivity contribution in [3.05, 3.63) is 29.8 Å². The summed E-state index contributed by atoms with van der Waals surface area (Å²) in [6, 6.07) is 9.15. The molecule has 0 aliphatic rings. The zero-order valence-electron chi connectivity index (χ0n) is 10.3. The summed E-state index contributed by atoms with van der Waals surface area (Å²) in [7, 11) is 0. The Morgan fingerprint density at radius 1 is 1.41 bits per heavy atom. The van der Waals surface area contributed by atoms with Crippen LogP contribution in [0.4, 0.5) is 0 Å². The summed E-state index contributed by atoms with van der Waals surface area (Å²) >= 11 is 0. The van der Waals surface area contributed by atoms with Crippen LogP contribution in [0.1, 0.15) is 37.0 Å². The molecule has 0 bridgehead atoms. The number of ether oxygens (including phenoxy) is 1. The first-order chi connectivity index (χ1) is 8.24. The van der Waals surface area contributed by atoms with E-state index in [1.807, 2.05) is 19.9 Å². The zero-order valence-corrected chi connectivity index (χ0v) is 10.3. The van der Waals surface area contributed by atoms with Gasteiger partial charge in [0.25, 0.3) is 0 Å². The van der Waals surface area contributed by atoms with Crippen molar-refractivity contribution in [1.29, 1.82) is 5.26 Å². The van der Waals surface area contributed by atoms with Crippen LogP contribution in [-0.4, -0.2) is 12.4 Å². The van der Waals surface area contributed by atoms with E-state index in [1.165, 1.54) is 0 Å². The van der Waals surface area contributed by atoms with Crippen molar-refractivity contribution < 1.29 is 9.53 Å². The van der Waals surface area contributed by atoms with Crippen LogP contribution in [0, 0.1) is 17.2 Å². The number of ketones is 1. The van der Waals surface area contributed by atoms with E-state index in [1.54, 1.807) is 18.2 Å². The maximum absolute atomic E-state index is 12.2. The van der Waals surface area contributed by atoms with Gasteiger partial charge in [0, 0.05) is 0 Å². The molecule has 1 atom stereocenters. The van der Waals surface area contributed by atoms with Crippen molar-refractivity contribution in [2.45, 2.75) is 26.7 Å². The Bertz CT molecular complexity index is 420. The average molecular weight is 231 g/mol. The summed E-state index contributed by atoms with van der Waals surface area (Å²) in [6.45, 7) is 4.34. The minimum atomic E-state index is -0.568. The SMILES string of the molecule is CCCC(C#N)C(=O)c1ccccc1OCC. The van der Waals surface area contributed by atoms with Crippen LogP contribution < -0.4 is 4.74 Å². The molecule has 0 aromatic heterocycles. The predicted octanol–water partition coefficient (Wildman–Crippen LogP) is 3.21. The van der Waals surface area contributed by atoms with E-state index in [4.69, 9.17) is 10.00 Å². The van der Waals surface area contributed by atoms with Crippen LogP contribution in [0.3, 0.4) is 0 Å².